The van der Waals surface area contributed by atoms with Gasteiger partial charge < -0.3 is 4.74 Å². The van der Waals surface area contributed by atoms with Gasteiger partial charge in [-0.1, -0.05) is 81.4 Å². The number of rotatable bonds is 7. The smallest absolute Gasteiger partial charge is 0.305 e. The number of carbonyl (C=O) groups is 2. The minimum Gasteiger partial charge on any atom is -0.466 e. The highest BCUT2D eigenvalue weighted by atomic mass is 32.2. The fourth-order valence-corrected chi connectivity index (χ4v) is 20.0. The van der Waals surface area contributed by atoms with Gasteiger partial charge >= 0.3 is 5.97 Å². The van der Waals surface area contributed by atoms with Gasteiger partial charge in [-0.2, -0.15) is 0 Å². The maximum atomic E-state index is 14.8. The highest BCUT2D eigenvalue weighted by Gasteiger charge is 2.71. The molecule has 0 N–H and O–H groups in total. The van der Waals surface area contributed by atoms with Crippen molar-refractivity contribution in [3.05, 3.63) is 71.8 Å². The summed E-state index contributed by atoms with van der Waals surface area (Å²) in [5.41, 5.74) is 2.88. The van der Waals surface area contributed by atoms with Crippen LogP contribution in [-0.4, -0.2) is 38.0 Å². The Morgan fingerprint density at radius 1 is 0.878 bits per heavy atom. The maximum Gasteiger partial charge on any atom is 0.305 e. The largest absolute Gasteiger partial charge is 0.466 e. The SMILES string of the molecule is CCOC(=O)CC[C@@H](C)[C@H]1CC[C@H]2[C@H]3[C@H](CC(=O)[C@]12C)[C@@]1(C)CCC2(C[C@H]1CC31SCC(c3ccccc3)S1)SCC(c1ccccc1)S2. The summed E-state index contributed by atoms with van der Waals surface area (Å²) in [6.45, 7) is 9.64. The van der Waals surface area contributed by atoms with Crippen LogP contribution in [0.4, 0.5) is 0 Å². The Bertz CT molecular complexity index is 1540. The van der Waals surface area contributed by atoms with Gasteiger partial charge in [0.15, 0.2) is 0 Å². The Morgan fingerprint density at radius 2 is 1.55 bits per heavy atom. The molecule has 0 bridgehead atoms. The summed E-state index contributed by atoms with van der Waals surface area (Å²) in [6.07, 6.45) is 9.40. The molecule has 6 aliphatic rings. The lowest BCUT2D eigenvalue weighted by Gasteiger charge is -2.66. The Kier molecular flexibility index (Phi) is 9.61. The molecule has 6 fully saturated rings. The van der Waals surface area contributed by atoms with Crippen molar-refractivity contribution in [2.75, 3.05) is 18.1 Å². The van der Waals surface area contributed by atoms with E-state index in [1.807, 2.05) is 6.92 Å². The van der Waals surface area contributed by atoms with Crippen molar-refractivity contribution in [2.45, 2.75) is 104 Å². The molecule has 0 aromatic heterocycles. The van der Waals surface area contributed by atoms with Gasteiger partial charge in [0.25, 0.3) is 0 Å². The quantitative estimate of drug-likeness (QED) is 0.262. The van der Waals surface area contributed by atoms with Gasteiger partial charge in [-0.15, -0.1) is 47.0 Å². The number of ketones is 1. The van der Waals surface area contributed by atoms with E-state index in [4.69, 9.17) is 4.74 Å². The topological polar surface area (TPSA) is 43.4 Å². The number of Topliss-reactive ketones (excluding diaryl/α,β-unsaturated/α-hetero) is 1. The van der Waals surface area contributed by atoms with E-state index < -0.39 is 0 Å². The van der Waals surface area contributed by atoms with Gasteiger partial charge in [0, 0.05) is 40.3 Å². The Morgan fingerprint density at radius 3 is 2.24 bits per heavy atom. The molecule has 2 spiro atoms. The third-order valence-electron chi connectivity index (χ3n) is 14.4. The second-order valence-electron chi connectivity index (χ2n) is 16.6. The minimum atomic E-state index is -0.298. The van der Waals surface area contributed by atoms with E-state index in [2.05, 4.69) is 128 Å². The van der Waals surface area contributed by atoms with Crippen LogP contribution >= 0.6 is 47.0 Å². The van der Waals surface area contributed by atoms with Gasteiger partial charge in [-0.25, -0.2) is 0 Å². The average molecular weight is 735 g/mol. The van der Waals surface area contributed by atoms with Crippen molar-refractivity contribution in [1.29, 1.82) is 0 Å². The Labute approximate surface area is 311 Å². The molecule has 2 aromatic rings. The molecule has 2 heterocycles. The summed E-state index contributed by atoms with van der Waals surface area (Å²) in [4.78, 5) is 27.2. The Balaban J connectivity index is 1.11. The summed E-state index contributed by atoms with van der Waals surface area (Å²) >= 11 is 9.14. The lowest BCUT2D eigenvalue weighted by molar-refractivity contribution is -0.158. The van der Waals surface area contributed by atoms with Crippen molar-refractivity contribution in [2.24, 2.45) is 46.3 Å². The first-order valence-corrected chi connectivity index (χ1v) is 22.8. The average Bonchev–Trinajstić information content (AvgIpc) is 3.83. The van der Waals surface area contributed by atoms with Crippen LogP contribution in [0.1, 0.15) is 107 Å². The lowest BCUT2D eigenvalue weighted by Crippen LogP contribution is -2.63. The minimum absolute atomic E-state index is 0.0938. The number of fused-ring (bicyclic) bond motifs is 6. The normalized spacial score (nSPS) is 43.3. The molecule has 12 atom stereocenters. The summed E-state index contributed by atoms with van der Waals surface area (Å²) < 4.78 is 5.74. The van der Waals surface area contributed by atoms with Crippen LogP contribution in [0.15, 0.2) is 60.7 Å². The number of hydrogen-bond donors (Lipinski definition) is 0. The number of thioether (sulfide) groups is 4. The van der Waals surface area contributed by atoms with Crippen molar-refractivity contribution in [1.82, 2.24) is 0 Å². The van der Waals surface area contributed by atoms with Crippen molar-refractivity contribution >= 4 is 58.8 Å². The number of carbonyl (C=O) groups excluding carboxylic acids is 2. The van der Waals surface area contributed by atoms with Crippen LogP contribution in [0.3, 0.4) is 0 Å². The fraction of sp³-hybridized carbons (Fsp3) is 0.667. The molecule has 49 heavy (non-hydrogen) atoms. The van der Waals surface area contributed by atoms with Gasteiger partial charge in [-0.3, -0.25) is 9.59 Å². The van der Waals surface area contributed by atoms with E-state index in [1.165, 1.54) is 48.3 Å². The molecular formula is C42H54O3S4. The fourth-order valence-electron chi connectivity index (χ4n) is 11.9. The molecule has 0 radical (unpaired) electrons. The number of benzene rings is 2. The third-order valence-corrected chi connectivity index (χ3v) is 22.1. The predicted molar refractivity (Wildman–Crippen MR) is 210 cm³/mol. The lowest BCUT2D eigenvalue weighted by atomic mass is 9.43. The number of hydrogen-bond acceptors (Lipinski definition) is 7. The van der Waals surface area contributed by atoms with E-state index in [9.17, 15) is 9.59 Å². The molecule has 4 saturated carbocycles. The van der Waals surface area contributed by atoms with Crippen LogP contribution in [0, 0.1) is 46.3 Å². The van der Waals surface area contributed by atoms with Crippen LogP contribution in [0.5, 0.6) is 0 Å². The molecule has 2 saturated heterocycles. The van der Waals surface area contributed by atoms with Gasteiger partial charge in [-0.05, 0) is 104 Å². The molecule has 4 aliphatic carbocycles. The van der Waals surface area contributed by atoms with Gasteiger partial charge in [0.05, 0.1) is 14.8 Å². The van der Waals surface area contributed by atoms with E-state index in [0.717, 1.165) is 25.7 Å². The maximum absolute atomic E-state index is 14.8. The monoisotopic (exact) mass is 734 g/mol. The second kappa shape index (κ2) is 13.4. The van der Waals surface area contributed by atoms with Crippen molar-refractivity contribution in [3.63, 3.8) is 0 Å². The van der Waals surface area contributed by atoms with Crippen LogP contribution in [0.2, 0.25) is 0 Å². The molecule has 0 amide bonds. The van der Waals surface area contributed by atoms with Crippen LogP contribution < -0.4 is 0 Å². The third kappa shape index (κ3) is 5.89. The van der Waals surface area contributed by atoms with Crippen molar-refractivity contribution in [3.8, 4) is 0 Å². The highest BCUT2D eigenvalue weighted by Crippen LogP contribution is 2.78. The molecule has 2 aliphatic heterocycles. The highest BCUT2D eigenvalue weighted by molar-refractivity contribution is 8.21. The predicted octanol–water partition coefficient (Wildman–Crippen LogP) is 11.2. The summed E-state index contributed by atoms with van der Waals surface area (Å²) in [5, 5.41) is 1.09. The number of esters is 1. The first-order valence-electron chi connectivity index (χ1n) is 19.0. The molecule has 2 aromatic carbocycles. The molecular weight excluding hydrogens is 681 g/mol. The zero-order valence-corrected chi connectivity index (χ0v) is 33.0. The van der Waals surface area contributed by atoms with Crippen LogP contribution in [0.25, 0.3) is 0 Å². The summed E-state index contributed by atoms with van der Waals surface area (Å²) in [6, 6.07) is 22.5. The van der Waals surface area contributed by atoms with Crippen molar-refractivity contribution < 1.29 is 14.3 Å². The first-order chi connectivity index (χ1) is 23.6. The second-order valence-corrected chi connectivity index (χ2v) is 23.0. The van der Waals surface area contributed by atoms with E-state index >= 15 is 0 Å². The molecule has 264 valence electrons. The summed E-state index contributed by atoms with van der Waals surface area (Å²) in [5.74, 6) is 5.60. The summed E-state index contributed by atoms with van der Waals surface area (Å²) in [7, 11) is 0. The first kappa shape index (κ1) is 35.0. The molecule has 7 heteroatoms. The van der Waals surface area contributed by atoms with Crippen LogP contribution in [-0.2, 0) is 14.3 Å². The molecule has 4 unspecified atom stereocenters. The van der Waals surface area contributed by atoms with E-state index in [1.54, 1.807) is 0 Å². The van der Waals surface area contributed by atoms with Gasteiger partial charge in [0.1, 0.15) is 5.78 Å². The standard InChI is InChI=1S/C42H54O3S4/c1-5-45-37(44)19-16-27(2)31-17-18-32-38-33(22-36(43)40(31,32)4)39(3)20-21-41(46-25-34(48-41)28-12-8-6-9-13-28)23-30(39)24-42(38)47-26-35(49-42)29-14-10-7-11-15-29/h6-15,27,30-35,38H,5,16-26H2,1-4H3/t27-,30+,31-,32+,33+,34?,35?,38+,39+,40-,41?,42?/m1/s1. The van der Waals surface area contributed by atoms with E-state index in [-0.39, 0.29) is 20.9 Å². The zero-order chi connectivity index (χ0) is 34.0. The van der Waals surface area contributed by atoms with Gasteiger partial charge in [0.2, 0.25) is 0 Å². The zero-order valence-electron chi connectivity index (χ0n) is 29.7. The number of ether oxygens (including phenoxy) is 1. The van der Waals surface area contributed by atoms with E-state index in [0.29, 0.717) is 68.9 Å². The Hall–Kier alpha value is -1.02. The molecule has 8 rings (SSSR count). The molecule has 3 nitrogen and oxygen atoms in total.